The zero-order chi connectivity index (χ0) is 23.7. The van der Waals surface area contributed by atoms with Gasteiger partial charge >= 0.3 is 5.97 Å². The van der Waals surface area contributed by atoms with Gasteiger partial charge < -0.3 is 13.9 Å². The van der Waals surface area contributed by atoms with E-state index in [1.54, 1.807) is 55.6 Å². The van der Waals surface area contributed by atoms with Crippen LogP contribution in [0.5, 0.6) is 11.5 Å². The van der Waals surface area contributed by atoms with Crippen molar-refractivity contribution in [3.8, 4) is 23.1 Å². The molecule has 0 radical (unpaired) electrons. The third-order valence-electron chi connectivity index (χ3n) is 5.16. The van der Waals surface area contributed by atoms with E-state index in [0.717, 1.165) is 5.39 Å². The molecule has 5 aromatic rings. The van der Waals surface area contributed by atoms with Crippen molar-refractivity contribution in [3.05, 3.63) is 88.7 Å². The van der Waals surface area contributed by atoms with Crippen LogP contribution in [0.2, 0.25) is 0 Å². The van der Waals surface area contributed by atoms with E-state index in [-0.39, 0.29) is 11.4 Å². The molecule has 0 bridgehead atoms. The molecule has 0 saturated heterocycles. The highest BCUT2D eigenvalue weighted by atomic mass is 16.5. The van der Waals surface area contributed by atoms with Crippen LogP contribution in [0.15, 0.2) is 87.1 Å². The van der Waals surface area contributed by atoms with Crippen LogP contribution in [0.25, 0.3) is 33.5 Å². The lowest BCUT2D eigenvalue weighted by Gasteiger charge is -2.07. The predicted octanol–water partition coefficient (Wildman–Crippen LogP) is 4.63. The molecule has 0 aliphatic carbocycles. The molecule has 0 saturated carbocycles. The third kappa shape index (κ3) is 3.93. The van der Waals surface area contributed by atoms with E-state index < -0.39 is 5.97 Å². The van der Waals surface area contributed by atoms with E-state index in [4.69, 9.17) is 13.9 Å². The van der Waals surface area contributed by atoms with E-state index in [9.17, 15) is 9.59 Å². The topological polar surface area (TPSA) is 95.9 Å². The SMILES string of the molecule is COc1cccc2oc(-c3nc4ccccc4c(=O)n3N=Cc3cccc(OC(C)=O)c3)cc12. The highest BCUT2D eigenvalue weighted by molar-refractivity contribution is 5.88. The smallest absolute Gasteiger partial charge is 0.308 e. The number of furan rings is 1. The minimum absolute atomic E-state index is 0.245. The van der Waals surface area contributed by atoms with Gasteiger partial charge in [-0.1, -0.05) is 30.3 Å². The molecule has 0 fully saturated rings. The van der Waals surface area contributed by atoms with Crippen molar-refractivity contribution >= 4 is 34.1 Å². The molecule has 34 heavy (non-hydrogen) atoms. The number of methoxy groups -OCH3 is 1. The van der Waals surface area contributed by atoms with Gasteiger partial charge in [0.1, 0.15) is 17.1 Å². The summed E-state index contributed by atoms with van der Waals surface area (Å²) in [4.78, 5) is 29.3. The number of rotatable bonds is 5. The van der Waals surface area contributed by atoms with Gasteiger partial charge in [0.05, 0.1) is 29.6 Å². The van der Waals surface area contributed by atoms with Crippen LogP contribution < -0.4 is 15.0 Å². The van der Waals surface area contributed by atoms with Crippen LogP contribution in [0.3, 0.4) is 0 Å². The molecular formula is C26H19N3O5. The quantitative estimate of drug-likeness (QED) is 0.219. The summed E-state index contributed by atoms with van der Waals surface area (Å²) in [6.45, 7) is 1.33. The highest BCUT2D eigenvalue weighted by Gasteiger charge is 2.17. The summed E-state index contributed by atoms with van der Waals surface area (Å²) in [6, 6.07) is 21.1. The minimum atomic E-state index is -0.424. The number of nitrogens with zero attached hydrogens (tertiary/aromatic N) is 3. The van der Waals surface area contributed by atoms with E-state index >= 15 is 0 Å². The number of esters is 1. The molecule has 2 aromatic heterocycles. The van der Waals surface area contributed by atoms with Crippen molar-refractivity contribution in [2.75, 3.05) is 7.11 Å². The Morgan fingerprint density at radius 2 is 1.85 bits per heavy atom. The first-order chi connectivity index (χ1) is 16.5. The Kier molecular flexibility index (Phi) is 5.39. The van der Waals surface area contributed by atoms with Gasteiger partial charge in [-0.3, -0.25) is 9.59 Å². The second kappa shape index (κ2) is 8.67. The van der Waals surface area contributed by atoms with E-state index in [2.05, 4.69) is 10.1 Å². The van der Waals surface area contributed by atoms with Crippen LogP contribution in [0.4, 0.5) is 0 Å². The molecule has 168 valence electrons. The van der Waals surface area contributed by atoms with Crippen molar-refractivity contribution in [2.24, 2.45) is 5.10 Å². The zero-order valence-electron chi connectivity index (χ0n) is 18.4. The standard InChI is InChI=1S/C26H19N3O5/c1-16(30)33-18-8-5-7-17(13-18)15-27-29-25(28-21-10-4-3-9-19(21)26(29)31)24-14-20-22(32-2)11-6-12-23(20)34-24/h3-15H,1-2H3. The lowest BCUT2D eigenvalue weighted by Crippen LogP contribution is -2.20. The van der Waals surface area contributed by atoms with E-state index in [0.29, 0.717) is 39.3 Å². The monoisotopic (exact) mass is 453 g/mol. The predicted molar refractivity (Wildman–Crippen MR) is 129 cm³/mol. The van der Waals surface area contributed by atoms with Crippen molar-refractivity contribution < 1.29 is 18.7 Å². The fourth-order valence-corrected chi connectivity index (χ4v) is 3.66. The number of hydrogen-bond donors (Lipinski definition) is 0. The summed E-state index contributed by atoms with van der Waals surface area (Å²) >= 11 is 0. The maximum Gasteiger partial charge on any atom is 0.308 e. The molecule has 5 rings (SSSR count). The molecule has 0 aliphatic heterocycles. The van der Waals surface area contributed by atoms with Gasteiger partial charge in [0, 0.05) is 6.92 Å². The van der Waals surface area contributed by atoms with Crippen LogP contribution in [-0.4, -0.2) is 29.0 Å². The summed E-state index contributed by atoms with van der Waals surface area (Å²) in [7, 11) is 1.58. The van der Waals surface area contributed by atoms with Crippen molar-refractivity contribution in [1.82, 2.24) is 9.66 Å². The summed E-state index contributed by atoms with van der Waals surface area (Å²) in [5.74, 6) is 1.21. The van der Waals surface area contributed by atoms with Crippen LogP contribution in [-0.2, 0) is 4.79 Å². The number of aromatic nitrogens is 2. The Morgan fingerprint density at radius 1 is 1.03 bits per heavy atom. The molecule has 0 aliphatic rings. The van der Waals surface area contributed by atoms with Gasteiger partial charge in [-0.25, -0.2) is 4.98 Å². The first kappa shape index (κ1) is 21.1. The maximum atomic E-state index is 13.4. The molecule has 0 N–H and O–H groups in total. The first-order valence-corrected chi connectivity index (χ1v) is 10.4. The van der Waals surface area contributed by atoms with Crippen molar-refractivity contribution in [3.63, 3.8) is 0 Å². The number of ether oxygens (including phenoxy) is 2. The van der Waals surface area contributed by atoms with Gasteiger partial charge in [-0.05, 0) is 48.0 Å². The number of carbonyl (C=O) groups is 1. The van der Waals surface area contributed by atoms with Gasteiger partial charge in [-0.15, -0.1) is 0 Å². The molecule has 0 spiro atoms. The van der Waals surface area contributed by atoms with Crippen molar-refractivity contribution in [2.45, 2.75) is 6.92 Å². The Bertz CT molecular complexity index is 1630. The van der Waals surface area contributed by atoms with Gasteiger partial charge in [0.15, 0.2) is 5.76 Å². The second-order valence-corrected chi connectivity index (χ2v) is 7.46. The zero-order valence-corrected chi connectivity index (χ0v) is 18.4. The molecular weight excluding hydrogens is 434 g/mol. The number of para-hydroxylation sites is 1. The van der Waals surface area contributed by atoms with E-state index in [1.165, 1.54) is 17.8 Å². The summed E-state index contributed by atoms with van der Waals surface area (Å²) in [5, 5.41) is 5.60. The molecule has 8 nitrogen and oxygen atoms in total. The van der Waals surface area contributed by atoms with Crippen LogP contribution in [0, 0.1) is 0 Å². The lowest BCUT2D eigenvalue weighted by molar-refractivity contribution is -0.131. The largest absolute Gasteiger partial charge is 0.496 e. The Balaban J connectivity index is 1.68. The Morgan fingerprint density at radius 3 is 2.68 bits per heavy atom. The normalized spacial score (nSPS) is 11.4. The third-order valence-corrected chi connectivity index (χ3v) is 5.16. The van der Waals surface area contributed by atoms with Gasteiger partial charge in [0.2, 0.25) is 5.82 Å². The lowest BCUT2D eigenvalue weighted by atomic mass is 10.2. The molecule has 0 atom stereocenters. The number of carbonyl (C=O) groups excluding carboxylic acids is 1. The second-order valence-electron chi connectivity index (χ2n) is 7.46. The fraction of sp³-hybridized carbons (Fsp3) is 0.0769. The number of fused-ring (bicyclic) bond motifs is 2. The number of benzene rings is 3. The highest BCUT2D eigenvalue weighted by Crippen LogP contribution is 2.32. The Labute approximate surface area is 193 Å². The minimum Gasteiger partial charge on any atom is -0.496 e. The van der Waals surface area contributed by atoms with Crippen LogP contribution in [0.1, 0.15) is 12.5 Å². The van der Waals surface area contributed by atoms with Crippen molar-refractivity contribution in [1.29, 1.82) is 0 Å². The molecule has 3 aromatic carbocycles. The molecule has 0 amide bonds. The summed E-state index contributed by atoms with van der Waals surface area (Å²) < 4.78 is 17.8. The van der Waals surface area contributed by atoms with Crippen LogP contribution >= 0.6 is 0 Å². The first-order valence-electron chi connectivity index (χ1n) is 10.4. The average Bonchev–Trinajstić information content (AvgIpc) is 3.27. The molecule has 8 heteroatoms. The number of hydrogen-bond acceptors (Lipinski definition) is 7. The van der Waals surface area contributed by atoms with E-state index in [1.807, 2.05) is 24.3 Å². The average molecular weight is 453 g/mol. The maximum absolute atomic E-state index is 13.4. The van der Waals surface area contributed by atoms with Gasteiger partial charge in [-0.2, -0.15) is 9.78 Å². The Hall–Kier alpha value is -4.72. The summed E-state index contributed by atoms with van der Waals surface area (Å²) in [6.07, 6.45) is 1.50. The van der Waals surface area contributed by atoms with Gasteiger partial charge in [0.25, 0.3) is 5.56 Å². The fourth-order valence-electron chi connectivity index (χ4n) is 3.66. The summed E-state index contributed by atoms with van der Waals surface area (Å²) in [5.41, 5.74) is 1.41. The molecule has 0 unspecified atom stereocenters. The molecule has 2 heterocycles.